The van der Waals surface area contributed by atoms with E-state index in [9.17, 15) is 10.1 Å². The maximum atomic E-state index is 10.9. The van der Waals surface area contributed by atoms with E-state index in [4.69, 9.17) is 37.4 Å². The van der Waals surface area contributed by atoms with E-state index in [0.717, 1.165) is 38.1 Å². The molecule has 37 heavy (non-hydrogen) atoms. The van der Waals surface area contributed by atoms with Crippen molar-refractivity contribution in [1.82, 2.24) is 14.5 Å². The van der Waals surface area contributed by atoms with Crippen molar-refractivity contribution < 1.29 is 19.1 Å². The molecule has 0 aliphatic carbocycles. The Morgan fingerprint density at radius 1 is 1.11 bits per heavy atom. The number of anilines is 1. The van der Waals surface area contributed by atoms with Gasteiger partial charge in [-0.1, -0.05) is 23.2 Å². The van der Waals surface area contributed by atoms with Gasteiger partial charge in [0.15, 0.2) is 0 Å². The standard InChI is InChI=1S/C25H27Cl2N5O5/c26-18-13-22(27)24(28-14-18)35-12-8-17-5-9-30(10-6-17)19-1-3-20(4-2-19)36-16-21-7-11-31-15-23(32(33)34)29-25(31)37-21/h1-4,13-15,17,21H,5-12,16H2/t21-/m1/s1. The van der Waals surface area contributed by atoms with E-state index in [1.807, 2.05) is 12.1 Å². The van der Waals surface area contributed by atoms with Gasteiger partial charge >= 0.3 is 11.8 Å². The molecule has 0 bridgehead atoms. The van der Waals surface area contributed by atoms with Crippen molar-refractivity contribution >= 4 is 34.7 Å². The Hall–Kier alpha value is -3.24. The van der Waals surface area contributed by atoms with Gasteiger partial charge in [-0.3, -0.25) is 4.57 Å². The first kappa shape index (κ1) is 25.4. The summed E-state index contributed by atoms with van der Waals surface area (Å²) in [6.45, 7) is 3.51. The normalized spacial score (nSPS) is 17.7. The summed E-state index contributed by atoms with van der Waals surface area (Å²) in [5, 5.41) is 11.8. The lowest BCUT2D eigenvalue weighted by atomic mass is 9.93. The summed E-state index contributed by atoms with van der Waals surface area (Å²) in [6, 6.07) is 9.98. The van der Waals surface area contributed by atoms with Crippen molar-refractivity contribution in [2.24, 2.45) is 5.92 Å². The Kier molecular flexibility index (Phi) is 7.85. The predicted octanol–water partition coefficient (Wildman–Crippen LogP) is 5.41. The van der Waals surface area contributed by atoms with E-state index in [-0.39, 0.29) is 17.9 Å². The van der Waals surface area contributed by atoms with E-state index in [1.54, 1.807) is 10.6 Å². The molecular formula is C25H27Cl2N5O5. The predicted molar refractivity (Wildman–Crippen MR) is 139 cm³/mol. The minimum atomic E-state index is -0.518. The van der Waals surface area contributed by atoms with Crippen LogP contribution in [0.1, 0.15) is 25.7 Å². The molecule has 0 N–H and O–H groups in total. The van der Waals surface area contributed by atoms with E-state index < -0.39 is 4.92 Å². The highest BCUT2D eigenvalue weighted by Gasteiger charge is 2.28. The second kappa shape index (κ2) is 11.4. The molecule has 0 spiro atoms. The molecular weight excluding hydrogens is 521 g/mol. The smallest absolute Gasteiger partial charge is 0.414 e. The molecule has 12 heteroatoms. The Morgan fingerprint density at radius 3 is 2.62 bits per heavy atom. The molecule has 5 rings (SSSR count). The van der Waals surface area contributed by atoms with Crippen LogP contribution in [0.2, 0.25) is 10.0 Å². The summed E-state index contributed by atoms with van der Waals surface area (Å²) in [7, 11) is 0. The third-order valence-corrected chi connectivity index (χ3v) is 7.15. The second-order valence-corrected chi connectivity index (χ2v) is 10.0. The summed E-state index contributed by atoms with van der Waals surface area (Å²) in [4.78, 5) is 20.8. The molecule has 3 aromatic rings. The van der Waals surface area contributed by atoms with Gasteiger partial charge in [0.05, 0.1) is 11.6 Å². The molecule has 0 unspecified atom stereocenters. The summed E-state index contributed by atoms with van der Waals surface area (Å²) in [6.07, 6.45) is 6.57. The van der Waals surface area contributed by atoms with Gasteiger partial charge in [0, 0.05) is 42.9 Å². The van der Waals surface area contributed by atoms with Gasteiger partial charge in [-0.05, 0) is 60.4 Å². The zero-order valence-corrected chi connectivity index (χ0v) is 21.6. The quantitative estimate of drug-likeness (QED) is 0.258. The molecule has 1 atom stereocenters. The molecule has 0 amide bonds. The van der Waals surface area contributed by atoms with Gasteiger partial charge in [0.2, 0.25) is 5.88 Å². The van der Waals surface area contributed by atoms with Gasteiger partial charge in [0.1, 0.15) is 29.7 Å². The number of nitrogens with zero attached hydrogens (tertiary/aromatic N) is 5. The minimum absolute atomic E-state index is 0.204. The number of rotatable bonds is 9. The number of pyridine rings is 1. The van der Waals surface area contributed by atoms with Crippen LogP contribution in [0.5, 0.6) is 17.6 Å². The topological polar surface area (TPSA) is 105 Å². The minimum Gasteiger partial charge on any atom is -0.490 e. The third-order valence-electron chi connectivity index (χ3n) is 6.67. The number of fused-ring (bicyclic) bond motifs is 1. The third kappa shape index (κ3) is 6.37. The van der Waals surface area contributed by atoms with E-state index in [0.29, 0.717) is 48.0 Å². The van der Waals surface area contributed by atoms with Crippen LogP contribution in [0, 0.1) is 16.0 Å². The maximum Gasteiger partial charge on any atom is 0.414 e. The Labute approximate surface area is 224 Å². The molecule has 1 fully saturated rings. The highest BCUT2D eigenvalue weighted by Crippen LogP contribution is 2.29. The number of benzene rings is 1. The van der Waals surface area contributed by atoms with E-state index in [1.165, 1.54) is 18.1 Å². The molecule has 0 radical (unpaired) electrons. The number of hydrogen-bond acceptors (Lipinski definition) is 8. The summed E-state index contributed by atoms with van der Waals surface area (Å²) in [5.74, 6) is 1.58. The van der Waals surface area contributed by atoms with Crippen LogP contribution >= 0.6 is 23.2 Å². The van der Waals surface area contributed by atoms with Gasteiger partial charge < -0.3 is 29.2 Å². The van der Waals surface area contributed by atoms with Crippen LogP contribution in [0.15, 0.2) is 42.7 Å². The maximum absolute atomic E-state index is 10.9. The van der Waals surface area contributed by atoms with Crippen LogP contribution in [0.25, 0.3) is 0 Å². The Balaban J connectivity index is 1.03. The Bertz CT molecular complexity index is 1230. The highest BCUT2D eigenvalue weighted by atomic mass is 35.5. The molecule has 196 valence electrons. The molecule has 1 aromatic carbocycles. The van der Waals surface area contributed by atoms with Crippen LogP contribution in [-0.4, -0.2) is 51.9 Å². The lowest BCUT2D eigenvalue weighted by Gasteiger charge is -2.33. The molecule has 1 saturated heterocycles. The van der Waals surface area contributed by atoms with Crippen LogP contribution < -0.4 is 19.1 Å². The van der Waals surface area contributed by atoms with Crippen molar-refractivity contribution in [3.05, 3.63) is 62.9 Å². The molecule has 4 heterocycles. The first-order chi connectivity index (χ1) is 17.9. The van der Waals surface area contributed by atoms with Crippen molar-refractivity contribution in [1.29, 1.82) is 0 Å². The lowest BCUT2D eigenvalue weighted by molar-refractivity contribution is -0.389. The van der Waals surface area contributed by atoms with Crippen molar-refractivity contribution in [3.63, 3.8) is 0 Å². The monoisotopic (exact) mass is 547 g/mol. The number of ether oxygens (including phenoxy) is 3. The number of aryl methyl sites for hydroxylation is 1. The van der Waals surface area contributed by atoms with E-state index in [2.05, 4.69) is 27.0 Å². The van der Waals surface area contributed by atoms with Crippen LogP contribution in [0.4, 0.5) is 11.5 Å². The van der Waals surface area contributed by atoms with Gasteiger partial charge in [0.25, 0.3) is 0 Å². The summed E-state index contributed by atoms with van der Waals surface area (Å²) >= 11 is 12.0. The van der Waals surface area contributed by atoms with Crippen LogP contribution in [-0.2, 0) is 6.54 Å². The summed E-state index contributed by atoms with van der Waals surface area (Å²) in [5.41, 5.74) is 1.17. The molecule has 0 saturated carbocycles. The first-order valence-electron chi connectivity index (χ1n) is 12.2. The SMILES string of the molecule is O=[N+]([O-])c1cn2c(n1)O[C@@H](COc1ccc(N3CCC(CCOc4ncc(Cl)cc4Cl)CC3)cc1)CC2. The van der Waals surface area contributed by atoms with Crippen molar-refractivity contribution in [2.75, 3.05) is 31.2 Å². The summed E-state index contributed by atoms with van der Waals surface area (Å²) < 4.78 is 19.1. The van der Waals surface area contributed by atoms with Gasteiger partial charge in [-0.2, -0.15) is 0 Å². The molecule has 10 nitrogen and oxygen atoms in total. The Morgan fingerprint density at radius 2 is 1.89 bits per heavy atom. The lowest BCUT2D eigenvalue weighted by Crippen LogP contribution is -2.34. The molecule has 2 aliphatic heterocycles. The van der Waals surface area contributed by atoms with Crippen molar-refractivity contribution in [2.45, 2.75) is 38.3 Å². The largest absolute Gasteiger partial charge is 0.490 e. The number of piperidine rings is 1. The average molecular weight is 548 g/mol. The van der Waals surface area contributed by atoms with Gasteiger partial charge in [-0.25, -0.2) is 4.98 Å². The average Bonchev–Trinajstić information content (AvgIpc) is 3.34. The number of imidazole rings is 1. The molecule has 2 aliphatic rings. The first-order valence-corrected chi connectivity index (χ1v) is 13.0. The zero-order chi connectivity index (χ0) is 25.8. The fraction of sp³-hybridized carbons (Fsp3) is 0.440. The fourth-order valence-corrected chi connectivity index (χ4v) is 5.02. The van der Waals surface area contributed by atoms with Gasteiger partial charge in [-0.15, -0.1) is 0 Å². The second-order valence-electron chi connectivity index (χ2n) is 9.17. The highest BCUT2D eigenvalue weighted by molar-refractivity contribution is 6.35. The number of hydrogen-bond donors (Lipinski definition) is 0. The van der Waals surface area contributed by atoms with Crippen molar-refractivity contribution in [3.8, 4) is 17.6 Å². The number of aromatic nitrogens is 3. The fourth-order valence-electron chi connectivity index (χ4n) is 4.59. The molecule has 2 aromatic heterocycles. The number of halogens is 2. The zero-order valence-electron chi connectivity index (χ0n) is 20.1. The number of nitro groups is 1. The van der Waals surface area contributed by atoms with Crippen LogP contribution in [0.3, 0.4) is 0 Å². The van der Waals surface area contributed by atoms with E-state index >= 15 is 0 Å².